The number of hydrogen-bond acceptors (Lipinski definition) is 9. The van der Waals surface area contributed by atoms with E-state index < -0.39 is 60.0 Å². The van der Waals surface area contributed by atoms with Crippen LogP contribution in [-0.4, -0.2) is 77.8 Å². The lowest BCUT2D eigenvalue weighted by molar-refractivity contribution is -0.307. The van der Waals surface area contributed by atoms with Crippen molar-refractivity contribution in [1.29, 1.82) is 0 Å². The second kappa shape index (κ2) is 11.5. The molecule has 0 aliphatic carbocycles. The van der Waals surface area contributed by atoms with Crippen LogP contribution >= 0.6 is 0 Å². The summed E-state index contributed by atoms with van der Waals surface area (Å²) in [6, 6.07) is 17.3. The number of aliphatic hydroxyl groups is 2. The van der Waals surface area contributed by atoms with E-state index in [4.69, 9.17) is 23.7 Å². The van der Waals surface area contributed by atoms with E-state index in [9.17, 15) is 19.8 Å². The van der Waals surface area contributed by atoms with Gasteiger partial charge in [0.15, 0.2) is 11.9 Å². The molecule has 0 spiro atoms. The Hall–Kier alpha value is -2.86. The third-order valence-electron chi connectivity index (χ3n) is 6.76. The highest BCUT2D eigenvalue weighted by atomic mass is 16.8. The third-order valence-corrected chi connectivity index (χ3v) is 6.76. The van der Waals surface area contributed by atoms with Crippen molar-refractivity contribution >= 4 is 11.9 Å². The Morgan fingerprint density at radius 1 is 1.03 bits per heavy atom. The van der Waals surface area contributed by atoms with E-state index in [2.05, 4.69) is 5.32 Å². The molecule has 38 heavy (non-hydrogen) atoms. The molecule has 0 saturated carbocycles. The summed E-state index contributed by atoms with van der Waals surface area (Å²) in [4.78, 5) is 25.7. The highest BCUT2D eigenvalue weighted by Gasteiger charge is 2.57. The van der Waals surface area contributed by atoms with Gasteiger partial charge < -0.3 is 39.2 Å². The van der Waals surface area contributed by atoms with Gasteiger partial charge in [-0.1, -0.05) is 60.7 Å². The zero-order chi connectivity index (χ0) is 27.5. The predicted molar refractivity (Wildman–Crippen MR) is 135 cm³/mol. The maximum atomic E-state index is 13.8. The minimum absolute atomic E-state index is 0.0471. The first-order valence-electron chi connectivity index (χ1n) is 12.5. The van der Waals surface area contributed by atoms with Crippen molar-refractivity contribution in [1.82, 2.24) is 5.32 Å². The van der Waals surface area contributed by atoms with E-state index >= 15 is 0 Å². The standard InChI is InChI=1S/C28H35NO9/c1-17(30)29-22-20(31)15-28(34-4,38-25(22)23(32)21-16-35-27(2,3)37-21)26(33)36-24(18-11-7-5-8-12-18)19-13-9-6-10-14-19/h5-14,20-25,31-32H,15-16H2,1-4H3,(H,29,30)/t20-,21+,22+,23+,25+,28-/m0/s1. The van der Waals surface area contributed by atoms with Gasteiger partial charge in [-0.3, -0.25) is 4.79 Å². The van der Waals surface area contributed by atoms with Crippen molar-refractivity contribution in [2.45, 2.75) is 75.3 Å². The highest BCUT2D eigenvalue weighted by Crippen LogP contribution is 2.38. The zero-order valence-electron chi connectivity index (χ0n) is 21.9. The summed E-state index contributed by atoms with van der Waals surface area (Å²) in [5.41, 5.74) is 1.45. The van der Waals surface area contributed by atoms with Crippen LogP contribution in [-0.2, 0) is 33.3 Å². The van der Waals surface area contributed by atoms with Gasteiger partial charge in [0.05, 0.1) is 18.8 Å². The van der Waals surface area contributed by atoms with Gasteiger partial charge in [0, 0.05) is 20.5 Å². The summed E-state index contributed by atoms with van der Waals surface area (Å²) < 4.78 is 29.0. The van der Waals surface area contributed by atoms with Crippen LogP contribution in [0.25, 0.3) is 0 Å². The Balaban J connectivity index is 1.64. The van der Waals surface area contributed by atoms with E-state index in [-0.39, 0.29) is 13.0 Å². The lowest BCUT2D eigenvalue weighted by atomic mass is 9.88. The monoisotopic (exact) mass is 529 g/mol. The molecule has 2 aromatic carbocycles. The quantitative estimate of drug-likeness (QED) is 0.438. The lowest BCUT2D eigenvalue weighted by Crippen LogP contribution is -2.68. The van der Waals surface area contributed by atoms with Crippen LogP contribution in [0, 0.1) is 0 Å². The molecule has 1 amide bonds. The second-order valence-corrected chi connectivity index (χ2v) is 10.0. The number of methoxy groups -OCH3 is 1. The smallest absolute Gasteiger partial charge is 0.367 e. The molecule has 2 aliphatic heterocycles. The van der Waals surface area contributed by atoms with Gasteiger partial charge in [0.25, 0.3) is 5.79 Å². The Bertz CT molecular complexity index is 1060. The van der Waals surface area contributed by atoms with Gasteiger partial charge in [0.1, 0.15) is 18.3 Å². The average molecular weight is 530 g/mol. The normalized spacial score (nSPS) is 29.6. The number of rotatable bonds is 8. The predicted octanol–water partition coefficient (Wildman–Crippen LogP) is 1.83. The van der Waals surface area contributed by atoms with Gasteiger partial charge >= 0.3 is 5.97 Å². The summed E-state index contributed by atoms with van der Waals surface area (Å²) in [7, 11) is 1.26. The molecular formula is C28H35NO9. The van der Waals surface area contributed by atoms with Crippen LogP contribution < -0.4 is 5.32 Å². The number of carbonyl (C=O) groups excluding carboxylic acids is 2. The van der Waals surface area contributed by atoms with Gasteiger partial charge in [-0.05, 0) is 25.0 Å². The lowest BCUT2D eigenvalue weighted by Gasteiger charge is -2.47. The third kappa shape index (κ3) is 6.06. The number of esters is 1. The molecular weight excluding hydrogens is 494 g/mol. The molecule has 2 aliphatic rings. The summed E-state index contributed by atoms with van der Waals surface area (Å²) in [5.74, 6) is -4.35. The van der Waals surface area contributed by atoms with Crippen molar-refractivity contribution in [3.8, 4) is 0 Å². The Kier molecular flexibility index (Phi) is 8.51. The number of aliphatic hydroxyl groups excluding tert-OH is 2. The average Bonchev–Trinajstić information content (AvgIpc) is 3.28. The van der Waals surface area contributed by atoms with Crippen molar-refractivity contribution in [2.24, 2.45) is 0 Å². The van der Waals surface area contributed by atoms with E-state index in [1.807, 2.05) is 60.7 Å². The Labute approximate surface area is 221 Å². The Morgan fingerprint density at radius 3 is 2.08 bits per heavy atom. The fourth-order valence-corrected chi connectivity index (χ4v) is 4.88. The number of carbonyl (C=O) groups is 2. The van der Waals surface area contributed by atoms with Crippen molar-refractivity contribution in [3.63, 3.8) is 0 Å². The van der Waals surface area contributed by atoms with Crippen LogP contribution in [0.3, 0.4) is 0 Å². The van der Waals surface area contributed by atoms with E-state index in [0.29, 0.717) is 0 Å². The molecule has 2 saturated heterocycles. The molecule has 10 nitrogen and oxygen atoms in total. The number of ether oxygens (including phenoxy) is 5. The first-order chi connectivity index (χ1) is 18.0. The van der Waals surface area contributed by atoms with Crippen LogP contribution in [0.4, 0.5) is 0 Å². The van der Waals surface area contributed by atoms with Gasteiger partial charge in [0.2, 0.25) is 5.91 Å². The molecule has 2 aromatic rings. The fraction of sp³-hybridized carbons (Fsp3) is 0.500. The van der Waals surface area contributed by atoms with Gasteiger partial charge in [-0.15, -0.1) is 0 Å². The highest BCUT2D eigenvalue weighted by molar-refractivity contribution is 5.79. The van der Waals surface area contributed by atoms with E-state index in [1.54, 1.807) is 13.8 Å². The maximum Gasteiger partial charge on any atom is 0.367 e. The number of benzene rings is 2. The van der Waals surface area contributed by atoms with Crippen molar-refractivity contribution in [3.05, 3.63) is 71.8 Å². The van der Waals surface area contributed by atoms with Gasteiger partial charge in [-0.25, -0.2) is 4.79 Å². The van der Waals surface area contributed by atoms with Gasteiger partial charge in [-0.2, -0.15) is 0 Å². The Morgan fingerprint density at radius 2 is 1.61 bits per heavy atom. The minimum atomic E-state index is -2.07. The van der Waals surface area contributed by atoms with Crippen LogP contribution in [0.1, 0.15) is 44.4 Å². The molecule has 3 N–H and O–H groups in total. The zero-order valence-corrected chi connectivity index (χ0v) is 21.9. The molecule has 0 bridgehead atoms. The summed E-state index contributed by atoms with van der Waals surface area (Å²) >= 11 is 0. The van der Waals surface area contributed by atoms with Crippen molar-refractivity contribution < 1.29 is 43.5 Å². The topological polar surface area (TPSA) is 133 Å². The molecule has 0 aromatic heterocycles. The number of amides is 1. The molecule has 6 atom stereocenters. The molecule has 206 valence electrons. The summed E-state index contributed by atoms with van der Waals surface area (Å²) in [6.07, 6.45) is -5.97. The fourth-order valence-electron chi connectivity index (χ4n) is 4.88. The molecule has 0 radical (unpaired) electrons. The largest absolute Gasteiger partial charge is 0.449 e. The summed E-state index contributed by atoms with van der Waals surface area (Å²) in [5, 5.41) is 25.0. The molecule has 4 rings (SSSR count). The maximum absolute atomic E-state index is 13.8. The molecule has 10 heteroatoms. The molecule has 2 heterocycles. The van der Waals surface area contributed by atoms with Crippen LogP contribution in [0.5, 0.6) is 0 Å². The first-order valence-corrected chi connectivity index (χ1v) is 12.5. The minimum Gasteiger partial charge on any atom is -0.449 e. The second-order valence-electron chi connectivity index (χ2n) is 10.0. The number of hydrogen-bond donors (Lipinski definition) is 3. The number of nitrogens with one attached hydrogen (secondary N) is 1. The molecule has 0 unspecified atom stereocenters. The van der Waals surface area contributed by atoms with E-state index in [1.165, 1.54) is 14.0 Å². The molecule has 2 fully saturated rings. The first kappa shape index (κ1) is 28.2. The van der Waals surface area contributed by atoms with Crippen LogP contribution in [0.2, 0.25) is 0 Å². The summed E-state index contributed by atoms with van der Waals surface area (Å²) in [6.45, 7) is 4.73. The SMILES string of the molecule is CO[C@@]1(C(=O)OC(c2ccccc2)c2ccccc2)C[C@H](O)[C@@H](NC(C)=O)[C@H]([C@H](O)[C@H]2COC(C)(C)O2)O1. The van der Waals surface area contributed by atoms with E-state index in [0.717, 1.165) is 11.1 Å². The van der Waals surface area contributed by atoms with Crippen molar-refractivity contribution in [2.75, 3.05) is 13.7 Å². The van der Waals surface area contributed by atoms with Crippen LogP contribution in [0.15, 0.2) is 60.7 Å².